The predicted molar refractivity (Wildman–Crippen MR) is 139 cm³/mol. The van der Waals surface area contributed by atoms with Gasteiger partial charge in [0.2, 0.25) is 0 Å². The van der Waals surface area contributed by atoms with Gasteiger partial charge in [0.25, 0.3) is 0 Å². The zero-order chi connectivity index (χ0) is 23.9. The molecule has 2 rings (SSSR count). The van der Waals surface area contributed by atoms with E-state index in [-0.39, 0.29) is 5.92 Å². The van der Waals surface area contributed by atoms with Crippen LogP contribution in [0, 0.1) is 5.92 Å². The maximum Gasteiger partial charge on any atom is 0.329 e. The number of halogens is 1. The molecule has 0 saturated heterocycles. The number of rotatable bonds is 16. The van der Waals surface area contributed by atoms with E-state index in [0.29, 0.717) is 5.75 Å². The smallest absolute Gasteiger partial charge is 0.329 e. The first kappa shape index (κ1) is 27.0. The number of carbonyl (C=O) groups is 1. The van der Waals surface area contributed by atoms with Crippen LogP contribution in [0.4, 0.5) is 0 Å². The van der Waals surface area contributed by atoms with E-state index in [4.69, 9.17) is 21.1 Å². The molecule has 33 heavy (non-hydrogen) atoms. The first-order chi connectivity index (χ1) is 16.0. The summed E-state index contributed by atoms with van der Waals surface area (Å²) in [5.41, 5.74) is 2.14. The molecule has 2 aromatic carbocycles. The zero-order valence-corrected chi connectivity index (χ0v) is 21.0. The van der Waals surface area contributed by atoms with E-state index in [9.17, 15) is 4.79 Å². The summed E-state index contributed by atoms with van der Waals surface area (Å²) in [6.45, 7) is 8.48. The number of hydrogen-bond acceptors (Lipinski definition) is 3. The van der Waals surface area contributed by atoms with Gasteiger partial charge in [0.1, 0.15) is 16.9 Å². The molecule has 0 radical (unpaired) electrons. The van der Waals surface area contributed by atoms with E-state index in [1.807, 2.05) is 44.2 Å². The summed E-state index contributed by atoms with van der Waals surface area (Å²) >= 11 is 6.17. The van der Waals surface area contributed by atoms with Crippen LogP contribution in [0.2, 0.25) is 0 Å². The maximum absolute atomic E-state index is 12.1. The molecule has 0 bridgehead atoms. The van der Waals surface area contributed by atoms with Crippen LogP contribution >= 0.6 is 11.6 Å². The van der Waals surface area contributed by atoms with Crippen molar-refractivity contribution in [1.29, 1.82) is 0 Å². The Labute approximate surface area is 205 Å². The van der Waals surface area contributed by atoms with Crippen molar-refractivity contribution in [3.05, 3.63) is 61.2 Å². The first-order valence-corrected chi connectivity index (χ1v) is 12.8. The Balaban J connectivity index is 1.70. The van der Waals surface area contributed by atoms with Gasteiger partial charge in [-0.05, 0) is 60.6 Å². The van der Waals surface area contributed by atoms with Crippen molar-refractivity contribution in [3.8, 4) is 22.6 Å². The van der Waals surface area contributed by atoms with E-state index >= 15 is 0 Å². The molecule has 2 atom stereocenters. The van der Waals surface area contributed by atoms with E-state index in [1.54, 1.807) is 12.1 Å². The average Bonchev–Trinajstić information content (AvgIpc) is 2.85. The van der Waals surface area contributed by atoms with Gasteiger partial charge in [-0.15, -0.1) is 18.2 Å². The minimum absolute atomic E-state index is 0.0802. The number of alkyl halides is 1. The third-order valence-corrected chi connectivity index (χ3v) is 6.56. The number of hydrogen-bond donors (Lipinski definition) is 0. The fourth-order valence-electron chi connectivity index (χ4n) is 3.54. The molecule has 0 aliphatic carbocycles. The number of carbonyl (C=O) groups excluding carboxylic acids is 1. The molecule has 0 amide bonds. The lowest BCUT2D eigenvalue weighted by atomic mass is 10.0. The van der Waals surface area contributed by atoms with Gasteiger partial charge in [0.05, 0.1) is 6.61 Å². The molecule has 0 N–H and O–H groups in total. The van der Waals surface area contributed by atoms with Crippen molar-refractivity contribution in [2.24, 2.45) is 5.92 Å². The normalized spacial score (nSPS) is 12.7. The summed E-state index contributed by atoms with van der Waals surface area (Å²) < 4.78 is 11.3. The van der Waals surface area contributed by atoms with Crippen LogP contribution in [0.3, 0.4) is 0 Å². The second kappa shape index (κ2) is 15.6. The van der Waals surface area contributed by atoms with Gasteiger partial charge in [0, 0.05) is 0 Å². The molecule has 0 aliphatic heterocycles. The summed E-state index contributed by atoms with van der Waals surface area (Å²) in [6.07, 6.45) is 12.8. The number of unbranched alkanes of at least 4 members (excludes halogenated alkanes) is 7. The number of benzene rings is 2. The fraction of sp³-hybridized carbons (Fsp3) is 0.483. The predicted octanol–water partition coefficient (Wildman–Crippen LogP) is 8.60. The van der Waals surface area contributed by atoms with Crippen LogP contribution in [-0.4, -0.2) is 18.0 Å². The number of esters is 1. The highest BCUT2D eigenvalue weighted by molar-refractivity contribution is 6.30. The largest absolute Gasteiger partial charge is 0.494 e. The molecule has 4 heteroatoms. The van der Waals surface area contributed by atoms with Crippen molar-refractivity contribution < 1.29 is 14.3 Å². The Hall–Kier alpha value is -2.26. The van der Waals surface area contributed by atoms with Gasteiger partial charge in [-0.3, -0.25) is 4.79 Å². The van der Waals surface area contributed by atoms with Crippen LogP contribution in [-0.2, 0) is 4.79 Å². The van der Waals surface area contributed by atoms with Gasteiger partial charge >= 0.3 is 5.97 Å². The van der Waals surface area contributed by atoms with Gasteiger partial charge in [0.15, 0.2) is 0 Å². The van der Waals surface area contributed by atoms with Crippen LogP contribution in [0.15, 0.2) is 61.2 Å². The quantitative estimate of drug-likeness (QED) is 0.0809. The molecular weight excluding hydrogens is 432 g/mol. The standard InChI is InChI=1S/C29H39ClO3/c1-4-6-7-8-9-10-11-12-13-22-32-26-18-14-24(15-19-26)25-16-20-27(21-17-25)33-29(31)28(30)23(3)5-2/h4,14-21,23,28H,1,5-13,22H2,2-3H3. The molecule has 0 spiro atoms. The second-order valence-electron chi connectivity index (χ2n) is 8.66. The van der Waals surface area contributed by atoms with Crippen LogP contribution < -0.4 is 9.47 Å². The Morgan fingerprint density at radius 2 is 1.39 bits per heavy atom. The lowest BCUT2D eigenvalue weighted by molar-refractivity contribution is -0.134. The van der Waals surface area contributed by atoms with Crippen LogP contribution in [0.5, 0.6) is 11.5 Å². The highest BCUT2D eigenvalue weighted by atomic mass is 35.5. The molecule has 0 aromatic heterocycles. The van der Waals surface area contributed by atoms with E-state index in [0.717, 1.165) is 42.7 Å². The SMILES string of the molecule is C=CCCCCCCCCCOc1ccc(-c2ccc(OC(=O)C(Cl)C(C)CC)cc2)cc1. The third kappa shape index (κ3) is 10.0. The summed E-state index contributed by atoms with van der Waals surface area (Å²) in [7, 11) is 0. The molecule has 180 valence electrons. The Morgan fingerprint density at radius 3 is 1.94 bits per heavy atom. The molecule has 2 aromatic rings. The minimum atomic E-state index is -0.630. The molecule has 3 nitrogen and oxygen atoms in total. The Morgan fingerprint density at radius 1 is 0.879 bits per heavy atom. The summed E-state index contributed by atoms with van der Waals surface area (Å²) in [5, 5.41) is -0.630. The zero-order valence-electron chi connectivity index (χ0n) is 20.2. The van der Waals surface area contributed by atoms with E-state index in [2.05, 4.69) is 18.7 Å². The van der Waals surface area contributed by atoms with Crippen molar-refractivity contribution >= 4 is 17.6 Å². The van der Waals surface area contributed by atoms with Gasteiger partial charge < -0.3 is 9.47 Å². The fourth-order valence-corrected chi connectivity index (χ4v) is 3.76. The Bertz CT molecular complexity index is 814. The molecule has 0 fully saturated rings. The average molecular weight is 471 g/mol. The van der Waals surface area contributed by atoms with E-state index < -0.39 is 11.3 Å². The lowest BCUT2D eigenvalue weighted by Gasteiger charge is -2.15. The van der Waals surface area contributed by atoms with Gasteiger partial charge in [-0.1, -0.05) is 82.7 Å². The van der Waals surface area contributed by atoms with Crippen molar-refractivity contribution in [1.82, 2.24) is 0 Å². The second-order valence-corrected chi connectivity index (χ2v) is 9.13. The van der Waals surface area contributed by atoms with Crippen LogP contribution in [0.25, 0.3) is 11.1 Å². The van der Waals surface area contributed by atoms with E-state index in [1.165, 1.54) is 38.5 Å². The first-order valence-electron chi connectivity index (χ1n) is 12.3. The molecular formula is C29H39ClO3. The maximum atomic E-state index is 12.1. The molecule has 2 unspecified atom stereocenters. The monoisotopic (exact) mass is 470 g/mol. The highest BCUT2D eigenvalue weighted by Crippen LogP contribution is 2.26. The number of allylic oxidation sites excluding steroid dienone is 1. The minimum Gasteiger partial charge on any atom is -0.494 e. The van der Waals surface area contributed by atoms with Gasteiger partial charge in [-0.25, -0.2) is 0 Å². The topological polar surface area (TPSA) is 35.5 Å². The van der Waals surface area contributed by atoms with Crippen molar-refractivity contribution in [2.45, 2.75) is 77.0 Å². The Kier molecular flexibility index (Phi) is 12.7. The van der Waals surface area contributed by atoms with Crippen molar-refractivity contribution in [2.75, 3.05) is 6.61 Å². The summed E-state index contributed by atoms with van der Waals surface area (Å²) in [4.78, 5) is 12.1. The number of ether oxygens (including phenoxy) is 2. The summed E-state index contributed by atoms with van der Waals surface area (Å²) in [5.74, 6) is 1.08. The molecule has 0 heterocycles. The molecule has 0 aliphatic rings. The van der Waals surface area contributed by atoms with Crippen molar-refractivity contribution in [3.63, 3.8) is 0 Å². The van der Waals surface area contributed by atoms with Crippen LogP contribution in [0.1, 0.15) is 71.6 Å². The highest BCUT2D eigenvalue weighted by Gasteiger charge is 2.23. The molecule has 0 saturated carbocycles. The van der Waals surface area contributed by atoms with Gasteiger partial charge in [-0.2, -0.15) is 0 Å². The third-order valence-electron chi connectivity index (χ3n) is 5.95. The summed E-state index contributed by atoms with van der Waals surface area (Å²) in [6, 6.07) is 15.6. The lowest BCUT2D eigenvalue weighted by Crippen LogP contribution is -2.26.